The van der Waals surface area contributed by atoms with E-state index >= 15 is 0 Å². The van der Waals surface area contributed by atoms with Gasteiger partial charge in [-0.25, -0.2) is 5.43 Å². The van der Waals surface area contributed by atoms with Crippen molar-refractivity contribution in [1.82, 2.24) is 10.7 Å². The molecule has 0 aromatic heterocycles. The van der Waals surface area contributed by atoms with Gasteiger partial charge >= 0.3 is 0 Å². The maximum atomic E-state index is 12.3. The number of rotatable bonds is 13. The summed E-state index contributed by atoms with van der Waals surface area (Å²) in [5.74, 6) is 1.06. The number of carbonyl (C=O) groups is 2. The minimum absolute atomic E-state index is 0.208. The zero-order chi connectivity index (χ0) is 25.6. The Morgan fingerprint density at radius 1 is 0.944 bits per heavy atom. The van der Waals surface area contributed by atoms with Crippen LogP contribution in [0.5, 0.6) is 17.2 Å². The average molecular weight is 490 g/mol. The number of carbonyl (C=O) groups excluding carboxylic acids is 2. The lowest BCUT2D eigenvalue weighted by Crippen LogP contribution is -2.34. The monoisotopic (exact) mass is 489 g/mol. The average Bonchev–Trinajstić information content (AvgIpc) is 2.92. The second-order valence-electron chi connectivity index (χ2n) is 7.89. The molecule has 0 bridgehead atoms. The van der Waals surface area contributed by atoms with E-state index < -0.39 is 5.91 Å². The normalized spacial score (nSPS) is 10.6. The summed E-state index contributed by atoms with van der Waals surface area (Å²) in [6.45, 7) is 2.95. The fraction of sp³-hybridized carbons (Fsp3) is 0.250. The van der Waals surface area contributed by atoms with Crippen molar-refractivity contribution >= 4 is 18.0 Å². The second-order valence-corrected chi connectivity index (χ2v) is 7.89. The molecule has 0 spiro atoms. The van der Waals surface area contributed by atoms with E-state index in [0.29, 0.717) is 41.6 Å². The topological polar surface area (TPSA) is 98.2 Å². The lowest BCUT2D eigenvalue weighted by atomic mass is 10.2. The number of unbranched alkanes of at least 4 members (excludes halogenated alkanes) is 1. The van der Waals surface area contributed by atoms with Gasteiger partial charge in [0.25, 0.3) is 11.8 Å². The number of nitrogens with one attached hydrogen (secondary N) is 2. The second kappa shape index (κ2) is 14.2. The van der Waals surface area contributed by atoms with E-state index in [1.54, 1.807) is 49.6 Å². The molecule has 0 radical (unpaired) electrons. The Bertz CT molecular complexity index is 1150. The molecule has 3 rings (SSSR count). The van der Waals surface area contributed by atoms with Gasteiger partial charge in [-0.1, -0.05) is 43.7 Å². The number of amides is 2. The van der Waals surface area contributed by atoms with Crippen molar-refractivity contribution in [3.63, 3.8) is 0 Å². The van der Waals surface area contributed by atoms with Crippen LogP contribution in [0.2, 0.25) is 0 Å². The number of ether oxygens (including phenoxy) is 3. The van der Waals surface area contributed by atoms with Crippen molar-refractivity contribution in [3.05, 3.63) is 89.5 Å². The van der Waals surface area contributed by atoms with Gasteiger partial charge in [0.2, 0.25) is 0 Å². The first-order valence-corrected chi connectivity index (χ1v) is 11.8. The van der Waals surface area contributed by atoms with Crippen molar-refractivity contribution in [2.45, 2.75) is 26.4 Å². The van der Waals surface area contributed by atoms with Gasteiger partial charge in [0, 0.05) is 5.56 Å². The molecule has 2 N–H and O–H groups in total. The Balaban J connectivity index is 1.44. The Morgan fingerprint density at radius 2 is 1.72 bits per heavy atom. The quantitative estimate of drug-likeness (QED) is 0.212. The van der Waals surface area contributed by atoms with Gasteiger partial charge < -0.3 is 19.5 Å². The molecule has 2 amide bonds. The van der Waals surface area contributed by atoms with E-state index in [0.717, 1.165) is 18.4 Å². The number of hydrazone groups is 1. The summed E-state index contributed by atoms with van der Waals surface area (Å²) in [4.78, 5) is 24.3. The Morgan fingerprint density at radius 3 is 2.44 bits per heavy atom. The van der Waals surface area contributed by atoms with Crippen LogP contribution in [0.4, 0.5) is 0 Å². The minimum atomic E-state index is -0.450. The van der Waals surface area contributed by atoms with Gasteiger partial charge in [-0.2, -0.15) is 5.10 Å². The van der Waals surface area contributed by atoms with Gasteiger partial charge in [-0.3, -0.25) is 9.59 Å². The van der Waals surface area contributed by atoms with E-state index in [9.17, 15) is 9.59 Å². The maximum Gasteiger partial charge on any atom is 0.259 e. The molecule has 3 aromatic carbocycles. The van der Waals surface area contributed by atoms with Crippen LogP contribution in [0.3, 0.4) is 0 Å². The van der Waals surface area contributed by atoms with E-state index in [-0.39, 0.29) is 12.5 Å². The lowest BCUT2D eigenvalue weighted by Gasteiger charge is -2.11. The van der Waals surface area contributed by atoms with E-state index in [2.05, 4.69) is 22.8 Å². The molecule has 0 saturated heterocycles. The molecule has 0 atom stereocenters. The van der Waals surface area contributed by atoms with Crippen molar-refractivity contribution in [2.75, 3.05) is 20.3 Å². The fourth-order valence-corrected chi connectivity index (χ4v) is 3.14. The number of hydrogen-bond acceptors (Lipinski definition) is 6. The first kappa shape index (κ1) is 26.3. The van der Waals surface area contributed by atoms with Gasteiger partial charge in [-0.15, -0.1) is 0 Å². The molecular weight excluding hydrogens is 458 g/mol. The van der Waals surface area contributed by atoms with Gasteiger partial charge in [0.1, 0.15) is 12.4 Å². The summed E-state index contributed by atoms with van der Waals surface area (Å²) in [6.07, 6.45) is 3.51. The van der Waals surface area contributed by atoms with Crippen molar-refractivity contribution in [2.24, 2.45) is 5.10 Å². The molecule has 0 aliphatic heterocycles. The summed E-state index contributed by atoms with van der Waals surface area (Å²) in [7, 11) is 1.56. The summed E-state index contributed by atoms with van der Waals surface area (Å²) in [5, 5.41) is 6.52. The van der Waals surface area contributed by atoms with Gasteiger partial charge in [0.05, 0.1) is 26.5 Å². The molecule has 0 aliphatic rings. The van der Waals surface area contributed by atoms with Crippen LogP contribution in [-0.4, -0.2) is 38.3 Å². The third kappa shape index (κ3) is 8.47. The highest BCUT2D eigenvalue weighted by Gasteiger charge is 2.09. The van der Waals surface area contributed by atoms with Crippen LogP contribution in [0, 0.1) is 0 Å². The zero-order valence-electron chi connectivity index (χ0n) is 20.5. The Labute approximate surface area is 211 Å². The number of nitrogens with zero attached hydrogens (tertiary/aromatic N) is 1. The van der Waals surface area contributed by atoms with Crippen molar-refractivity contribution < 1.29 is 23.8 Å². The molecule has 0 aliphatic carbocycles. The largest absolute Gasteiger partial charge is 0.494 e. The lowest BCUT2D eigenvalue weighted by molar-refractivity contribution is -0.120. The van der Waals surface area contributed by atoms with Gasteiger partial charge in [0.15, 0.2) is 11.5 Å². The summed E-state index contributed by atoms with van der Waals surface area (Å²) in [6, 6.07) is 22.0. The highest BCUT2D eigenvalue weighted by molar-refractivity contribution is 5.96. The third-order valence-corrected chi connectivity index (χ3v) is 5.12. The van der Waals surface area contributed by atoms with E-state index in [1.165, 1.54) is 6.21 Å². The summed E-state index contributed by atoms with van der Waals surface area (Å²) in [5.41, 5.74) is 4.60. The van der Waals surface area contributed by atoms with Crippen LogP contribution in [0.15, 0.2) is 77.9 Å². The molecule has 8 heteroatoms. The number of methoxy groups -OCH3 is 1. The molecule has 3 aromatic rings. The molecule has 36 heavy (non-hydrogen) atoms. The van der Waals surface area contributed by atoms with Crippen LogP contribution in [0.25, 0.3) is 0 Å². The van der Waals surface area contributed by atoms with E-state index in [4.69, 9.17) is 14.2 Å². The predicted molar refractivity (Wildman–Crippen MR) is 139 cm³/mol. The Hall–Kier alpha value is -4.33. The highest BCUT2D eigenvalue weighted by Crippen LogP contribution is 2.28. The molecule has 8 nitrogen and oxygen atoms in total. The van der Waals surface area contributed by atoms with Crippen LogP contribution < -0.4 is 25.0 Å². The van der Waals surface area contributed by atoms with Crippen LogP contribution >= 0.6 is 0 Å². The fourth-order valence-electron chi connectivity index (χ4n) is 3.14. The maximum absolute atomic E-state index is 12.3. The van der Waals surface area contributed by atoms with Crippen LogP contribution in [0.1, 0.15) is 41.3 Å². The standard InChI is InChI=1S/C28H31N3O5/c1-3-4-16-35-24-13-11-23(12-14-24)28(33)29-19-27(32)31-30-18-22-10-15-25(26(17-22)34-2)36-20-21-8-6-5-7-9-21/h5-15,17-18H,3-4,16,19-20H2,1-2H3,(H,29,33)(H,31,32)/b30-18+. The number of hydrogen-bond donors (Lipinski definition) is 2. The SMILES string of the molecule is CCCCOc1ccc(C(=O)NCC(=O)N/N=C/c2ccc(OCc3ccccc3)c(OC)c2)cc1. The Kier molecular flexibility index (Phi) is 10.3. The molecule has 0 fully saturated rings. The molecule has 0 unspecified atom stereocenters. The molecule has 0 heterocycles. The molecular formula is C28H31N3O5. The smallest absolute Gasteiger partial charge is 0.259 e. The molecule has 0 saturated carbocycles. The molecule has 188 valence electrons. The number of benzene rings is 3. The predicted octanol–water partition coefficient (Wildman–Crippen LogP) is 4.33. The van der Waals surface area contributed by atoms with E-state index in [1.807, 2.05) is 30.3 Å². The zero-order valence-corrected chi connectivity index (χ0v) is 20.5. The van der Waals surface area contributed by atoms with Gasteiger partial charge in [-0.05, 0) is 60.0 Å². The summed E-state index contributed by atoms with van der Waals surface area (Å²) >= 11 is 0. The highest BCUT2D eigenvalue weighted by atomic mass is 16.5. The first-order chi connectivity index (χ1) is 17.6. The van der Waals surface area contributed by atoms with Crippen molar-refractivity contribution in [1.29, 1.82) is 0 Å². The summed E-state index contributed by atoms with van der Waals surface area (Å²) < 4.78 is 16.8. The third-order valence-electron chi connectivity index (χ3n) is 5.12. The minimum Gasteiger partial charge on any atom is -0.494 e. The first-order valence-electron chi connectivity index (χ1n) is 11.8. The van der Waals surface area contributed by atoms with Crippen molar-refractivity contribution in [3.8, 4) is 17.2 Å². The van der Waals surface area contributed by atoms with Crippen LogP contribution in [-0.2, 0) is 11.4 Å².